The smallest absolute Gasteiger partial charge is 0.295 e. The van der Waals surface area contributed by atoms with E-state index in [2.05, 4.69) is 10.2 Å². The summed E-state index contributed by atoms with van der Waals surface area (Å²) >= 11 is 1.24. The lowest BCUT2D eigenvalue weighted by Crippen LogP contribution is -2.32. The van der Waals surface area contributed by atoms with Gasteiger partial charge in [0.25, 0.3) is 5.19 Å². The lowest BCUT2D eigenvalue weighted by molar-refractivity contribution is -0.0721. The van der Waals surface area contributed by atoms with E-state index in [9.17, 15) is 0 Å². The van der Waals surface area contributed by atoms with Gasteiger partial charge in [0, 0.05) is 13.0 Å². The third-order valence-electron chi connectivity index (χ3n) is 1.61. The lowest BCUT2D eigenvalue weighted by Gasteiger charge is -2.25. The minimum atomic E-state index is 0.232. The Labute approximate surface area is 73.5 Å². The standard InChI is InChI=1S/C6H9N3O2S/c7-5-8-9-6(12-5)11-3-4-1-2-10-4/h4H,1-3H2,(H2,7,8). The molecule has 2 N–H and O–H groups in total. The molecule has 1 fully saturated rings. The SMILES string of the molecule is Nc1nnc(OCC2CCO2)s1. The molecule has 66 valence electrons. The molecule has 2 rings (SSSR count). The average Bonchev–Trinajstić information content (AvgIpc) is 2.32. The number of rotatable bonds is 3. The first kappa shape index (κ1) is 7.75. The highest BCUT2D eigenvalue weighted by molar-refractivity contribution is 7.16. The molecule has 0 aliphatic carbocycles. The summed E-state index contributed by atoms with van der Waals surface area (Å²) in [6.07, 6.45) is 1.30. The van der Waals surface area contributed by atoms with Crippen molar-refractivity contribution in [2.45, 2.75) is 12.5 Å². The molecule has 0 amide bonds. The van der Waals surface area contributed by atoms with Crippen molar-refractivity contribution >= 4 is 16.5 Å². The molecule has 1 aromatic heterocycles. The minimum Gasteiger partial charge on any atom is -0.466 e. The summed E-state index contributed by atoms with van der Waals surface area (Å²) in [6.45, 7) is 1.39. The first-order valence-electron chi connectivity index (χ1n) is 3.68. The molecule has 0 aromatic carbocycles. The Morgan fingerprint density at radius 3 is 3.00 bits per heavy atom. The minimum absolute atomic E-state index is 0.232. The molecule has 1 atom stereocenters. The van der Waals surface area contributed by atoms with Crippen LogP contribution in [0.4, 0.5) is 5.13 Å². The van der Waals surface area contributed by atoms with Crippen LogP contribution in [0.2, 0.25) is 0 Å². The molecule has 0 saturated carbocycles. The van der Waals surface area contributed by atoms with Gasteiger partial charge in [-0.3, -0.25) is 0 Å². The molecule has 0 spiro atoms. The summed E-state index contributed by atoms with van der Waals surface area (Å²) < 4.78 is 10.4. The molecule has 1 unspecified atom stereocenters. The van der Waals surface area contributed by atoms with Crippen LogP contribution in [0.3, 0.4) is 0 Å². The van der Waals surface area contributed by atoms with Crippen LogP contribution in [0, 0.1) is 0 Å². The van der Waals surface area contributed by atoms with Gasteiger partial charge in [0.1, 0.15) is 6.61 Å². The Kier molecular flexibility index (Phi) is 2.09. The molecule has 12 heavy (non-hydrogen) atoms. The summed E-state index contributed by atoms with van der Waals surface area (Å²) in [4.78, 5) is 0. The van der Waals surface area contributed by atoms with Crippen LogP contribution in [0.5, 0.6) is 5.19 Å². The van der Waals surface area contributed by atoms with Gasteiger partial charge in [-0.15, -0.1) is 5.10 Å². The molecule has 6 heteroatoms. The van der Waals surface area contributed by atoms with Gasteiger partial charge in [0.05, 0.1) is 6.10 Å². The van der Waals surface area contributed by atoms with Crippen LogP contribution in [0.15, 0.2) is 0 Å². The monoisotopic (exact) mass is 187 g/mol. The van der Waals surface area contributed by atoms with Gasteiger partial charge in [-0.2, -0.15) is 0 Å². The third kappa shape index (κ3) is 1.64. The fraction of sp³-hybridized carbons (Fsp3) is 0.667. The Bertz CT molecular complexity index is 261. The Morgan fingerprint density at radius 2 is 2.50 bits per heavy atom. The topological polar surface area (TPSA) is 70.3 Å². The Hall–Kier alpha value is -0.880. The number of ether oxygens (including phenoxy) is 2. The number of nitrogen functional groups attached to an aromatic ring is 1. The number of nitrogens with two attached hydrogens (primary N) is 1. The molecule has 5 nitrogen and oxygen atoms in total. The normalized spacial score (nSPS) is 21.8. The number of aromatic nitrogens is 2. The van der Waals surface area contributed by atoms with E-state index in [1.54, 1.807) is 0 Å². The fourth-order valence-corrected chi connectivity index (χ4v) is 1.33. The predicted octanol–water partition coefficient (Wildman–Crippen LogP) is 0.288. The van der Waals surface area contributed by atoms with Crippen LogP contribution in [-0.2, 0) is 4.74 Å². The van der Waals surface area contributed by atoms with E-state index in [-0.39, 0.29) is 6.10 Å². The number of hydrogen-bond acceptors (Lipinski definition) is 6. The summed E-state index contributed by atoms with van der Waals surface area (Å²) in [5.41, 5.74) is 5.37. The van der Waals surface area contributed by atoms with Crippen molar-refractivity contribution in [2.24, 2.45) is 0 Å². The summed E-state index contributed by atoms with van der Waals surface area (Å²) in [5.74, 6) is 0. The van der Waals surface area contributed by atoms with E-state index in [0.29, 0.717) is 16.9 Å². The highest BCUT2D eigenvalue weighted by atomic mass is 32.1. The van der Waals surface area contributed by atoms with E-state index in [0.717, 1.165) is 13.0 Å². The van der Waals surface area contributed by atoms with E-state index in [4.69, 9.17) is 15.2 Å². The second-order valence-corrected chi connectivity index (χ2v) is 3.47. The van der Waals surface area contributed by atoms with Crippen molar-refractivity contribution < 1.29 is 9.47 Å². The summed E-state index contributed by atoms with van der Waals surface area (Å²) in [6, 6.07) is 0. The van der Waals surface area contributed by atoms with E-state index in [1.165, 1.54) is 11.3 Å². The molecular weight excluding hydrogens is 178 g/mol. The van der Waals surface area contributed by atoms with Gasteiger partial charge < -0.3 is 15.2 Å². The maximum Gasteiger partial charge on any atom is 0.295 e. The maximum atomic E-state index is 5.37. The highest BCUT2D eigenvalue weighted by Gasteiger charge is 2.19. The molecule has 1 saturated heterocycles. The van der Waals surface area contributed by atoms with Crippen LogP contribution < -0.4 is 10.5 Å². The second-order valence-electron chi connectivity index (χ2n) is 2.50. The van der Waals surface area contributed by atoms with Crippen LogP contribution in [-0.4, -0.2) is 29.5 Å². The molecule has 0 radical (unpaired) electrons. The lowest BCUT2D eigenvalue weighted by atomic mass is 10.2. The molecule has 1 aromatic rings. The zero-order valence-corrected chi connectivity index (χ0v) is 7.21. The molecule has 2 heterocycles. The van der Waals surface area contributed by atoms with E-state index in [1.807, 2.05) is 0 Å². The maximum absolute atomic E-state index is 5.37. The quantitative estimate of drug-likeness (QED) is 0.736. The van der Waals surface area contributed by atoms with Crippen LogP contribution in [0.1, 0.15) is 6.42 Å². The van der Waals surface area contributed by atoms with Gasteiger partial charge in [-0.1, -0.05) is 5.10 Å². The molecular formula is C6H9N3O2S. The summed E-state index contributed by atoms with van der Waals surface area (Å²) in [7, 11) is 0. The number of nitrogens with zero attached hydrogens (tertiary/aromatic N) is 2. The largest absolute Gasteiger partial charge is 0.466 e. The highest BCUT2D eigenvalue weighted by Crippen LogP contribution is 2.20. The van der Waals surface area contributed by atoms with E-state index < -0.39 is 0 Å². The molecule has 1 aliphatic rings. The van der Waals surface area contributed by atoms with Crippen molar-refractivity contribution in [3.05, 3.63) is 0 Å². The zero-order chi connectivity index (χ0) is 8.39. The molecule has 1 aliphatic heterocycles. The van der Waals surface area contributed by atoms with Gasteiger partial charge >= 0.3 is 0 Å². The predicted molar refractivity (Wildman–Crippen MR) is 44.2 cm³/mol. The molecule has 0 bridgehead atoms. The van der Waals surface area contributed by atoms with Crippen molar-refractivity contribution in [2.75, 3.05) is 18.9 Å². The fourth-order valence-electron chi connectivity index (χ4n) is 0.859. The van der Waals surface area contributed by atoms with Crippen molar-refractivity contribution in [3.8, 4) is 5.19 Å². The first-order chi connectivity index (χ1) is 5.84. The second kappa shape index (κ2) is 3.24. The Morgan fingerprint density at radius 1 is 1.67 bits per heavy atom. The average molecular weight is 187 g/mol. The van der Waals surface area contributed by atoms with Gasteiger partial charge in [-0.25, -0.2) is 0 Å². The van der Waals surface area contributed by atoms with Crippen molar-refractivity contribution in [1.82, 2.24) is 10.2 Å². The van der Waals surface area contributed by atoms with Crippen molar-refractivity contribution in [3.63, 3.8) is 0 Å². The van der Waals surface area contributed by atoms with Gasteiger partial charge in [0.2, 0.25) is 5.13 Å². The Balaban J connectivity index is 1.79. The van der Waals surface area contributed by atoms with Crippen molar-refractivity contribution in [1.29, 1.82) is 0 Å². The van der Waals surface area contributed by atoms with E-state index >= 15 is 0 Å². The van der Waals surface area contributed by atoms with Gasteiger partial charge in [0.15, 0.2) is 0 Å². The van der Waals surface area contributed by atoms with Crippen LogP contribution in [0.25, 0.3) is 0 Å². The third-order valence-corrected chi connectivity index (χ3v) is 2.27. The first-order valence-corrected chi connectivity index (χ1v) is 4.49. The van der Waals surface area contributed by atoms with Gasteiger partial charge in [-0.05, 0) is 11.3 Å². The summed E-state index contributed by atoms with van der Waals surface area (Å²) in [5, 5.41) is 8.28. The van der Waals surface area contributed by atoms with Crippen LogP contribution >= 0.6 is 11.3 Å². The number of hydrogen-bond donors (Lipinski definition) is 1. The number of anilines is 1. The zero-order valence-electron chi connectivity index (χ0n) is 6.40.